The molecule has 1 heterocycles. The van der Waals surface area contributed by atoms with Crippen LogP contribution < -0.4 is 5.32 Å². The van der Waals surface area contributed by atoms with Gasteiger partial charge in [-0.25, -0.2) is 0 Å². The van der Waals surface area contributed by atoms with Crippen LogP contribution in [0.2, 0.25) is 0 Å². The standard InChI is InChI=1S/C16H34N2/c1-6-9-17-12-14(4)15(5)18-10-7-16(8-11-18)13(2)3/h13-17H,6-12H2,1-5H3. The molecule has 0 aromatic heterocycles. The van der Waals surface area contributed by atoms with Crippen molar-refractivity contribution < 1.29 is 0 Å². The van der Waals surface area contributed by atoms with Gasteiger partial charge in [0.1, 0.15) is 0 Å². The first-order valence-corrected chi connectivity index (χ1v) is 8.01. The summed E-state index contributed by atoms with van der Waals surface area (Å²) in [6, 6.07) is 0.725. The number of piperidine rings is 1. The minimum Gasteiger partial charge on any atom is -0.316 e. The van der Waals surface area contributed by atoms with E-state index in [1.54, 1.807) is 0 Å². The quantitative estimate of drug-likeness (QED) is 0.701. The van der Waals surface area contributed by atoms with Gasteiger partial charge in [-0.3, -0.25) is 0 Å². The van der Waals surface area contributed by atoms with Crippen LogP contribution in [0.3, 0.4) is 0 Å². The number of likely N-dealkylation sites (tertiary alicyclic amines) is 1. The monoisotopic (exact) mass is 254 g/mol. The van der Waals surface area contributed by atoms with Gasteiger partial charge in [-0.2, -0.15) is 0 Å². The van der Waals surface area contributed by atoms with Crippen LogP contribution >= 0.6 is 0 Å². The largest absolute Gasteiger partial charge is 0.316 e. The summed E-state index contributed by atoms with van der Waals surface area (Å²) in [7, 11) is 0. The maximum Gasteiger partial charge on any atom is 0.0105 e. The van der Waals surface area contributed by atoms with Gasteiger partial charge in [-0.15, -0.1) is 0 Å². The molecule has 1 N–H and O–H groups in total. The molecule has 2 atom stereocenters. The molecule has 0 aromatic rings. The molecule has 0 aliphatic carbocycles. The van der Waals surface area contributed by atoms with Crippen molar-refractivity contribution in [2.75, 3.05) is 26.2 Å². The fourth-order valence-corrected chi connectivity index (χ4v) is 3.03. The molecule has 1 fully saturated rings. The minimum absolute atomic E-state index is 0.725. The number of rotatable bonds is 7. The predicted octanol–water partition coefficient (Wildman–Crippen LogP) is 3.38. The lowest BCUT2D eigenvalue weighted by atomic mass is 9.85. The fraction of sp³-hybridized carbons (Fsp3) is 1.00. The smallest absolute Gasteiger partial charge is 0.0105 e. The van der Waals surface area contributed by atoms with E-state index in [2.05, 4.69) is 44.8 Å². The first-order valence-electron chi connectivity index (χ1n) is 8.01. The zero-order chi connectivity index (χ0) is 13.5. The highest BCUT2D eigenvalue weighted by Crippen LogP contribution is 2.26. The highest BCUT2D eigenvalue weighted by molar-refractivity contribution is 4.80. The molecule has 2 heteroatoms. The lowest BCUT2D eigenvalue weighted by Crippen LogP contribution is -2.45. The lowest BCUT2D eigenvalue weighted by Gasteiger charge is -2.39. The summed E-state index contributed by atoms with van der Waals surface area (Å²) >= 11 is 0. The summed E-state index contributed by atoms with van der Waals surface area (Å²) in [6.07, 6.45) is 4.04. The van der Waals surface area contributed by atoms with Crippen LogP contribution in [0.1, 0.15) is 53.9 Å². The molecule has 0 spiro atoms. The summed E-state index contributed by atoms with van der Waals surface area (Å²) in [5.74, 6) is 2.58. The Labute approximate surface area is 115 Å². The summed E-state index contributed by atoms with van der Waals surface area (Å²) < 4.78 is 0. The molecule has 0 radical (unpaired) electrons. The second-order valence-electron chi connectivity index (χ2n) is 6.54. The third kappa shape index (κ3) is 4.89. The Kier molecular flexibility index (Phi) is 7.25. The molecule has 1 aliphatic heterocycles. The van der Waals surface area contributed by atoms with Crippen molar-refractivity contribution in [3.8, 4) is 0 Å². The Morgan fingerprint density at radius 2 is 1.72 bits per heavy atom. The van der Waals surface area contributed by atoms with Gasteiger partial charge in [0.15, 0.2) is 0 Å². The Bertz CT molecular complexity index is 207. The van der Waals surface area contributed by atoms with Gasteiger partial charge in [0, 0.05) is 6.04 Å². The lowest BCUT2D eigenvalue weighted by molar-refractivity contribution is 0.0953. The van der Waals surface area contributed by atoms with E-state index in [0.29, 0.717) is 0 Å². The van der Waals surface area contributed by atoms with Crippen LogP contribution in [-0.4, -0.2) is 37.1 Å². The maximum absolute atomic E-state index is 3.56. The highest BCUT2D eigenvalue weighted by atomic mass is 15.2. The van der Waals surface area contributed by atoms with E-state index < -0.39 is 0 Å². The molecule has 0 bridgehead atoms. The molecule has 0 amide bonds. The number of nitrogens with one attached hydrogen (secondary N) is 1. The second-order valence-corrected chi connectivity index (χ2v) is 6.54. The zero-order valence-corrected chi connectivity index (χ0v) is 13.2. The van der Waals surface area contributed by atoms with Gasteiger partial charge >= 0.3 is 0 Å². The van der Waals surface area contributed by atoms with Crippen molar-refractivity contribution in [1.82, 2.24) is 10.2 Å². The van der Waals surface area contributed by atoms with E-state index in [9.17, 15) is 0 Å². The molecule has 0 saturated carbocycles. The van der Waals surface area contributed by atoms with Crippen LogP contribution in [0.5, 0.6) is 0 Å². The Morgan fingerprint density at radius 1 is 1.11 bits per heavy atom. The molecule has 0 aromatic carbocycles. The van der Waals surface area contributed by atoms with Crippen LogP contribution in [0.25, 0.3) is 0 Å². The van der Waals surface area contributed by atoms with Crippen molar-refractivity contribution in [2.45, 2.75) is 59.9 Å². The van der Waals surface area contributed by atoms with Crippen molar-refractivity contribution >= 4 is 0 Å². The van der Waals surface area contributed by atoms with Gasteiger partial charge < -0.3 is 10.2 Å². The summed E-state index contributed by atoms with van der Waals surface area (Å²) in [4.78, 5) is 2.71. The molecule has 2 unspecified atom stereocenters. The third-order valence-electron chi connectivity index (χ3n) is 4.81. The van der Waals surface area contributed by atoms with Crippen LogP contribution in [-0.2, 0) is 0 Å². The fourth-order valence-electron chi connectivity index (χ4n) is 3.03. The minimum atomic E-state index is 0.725. The van der Waals surface area contributed by atoms with E-state index in [1.807, 2.05) is 0 Å². The molecule has 2 nitrogen and oxygen atoms in total. The molecule has 108 valence electrons. The van der Waals surface area contributed by atoms with Crippen LogP contribution in [0, 0.1) is 17.8 Å². The van der Waals surface area contributed by atoms with Crippen molar-refractivity contribution in [3.63, 3.8) is 0 Å². The first kappa shape index (κ1) is 16.0. The SMILES string of the molecule is CCCNCC(C)C(C)N1CCC(C(C)C)CC1. The zero-order valence-electron chi connectivity index (χ0n) is 13.2. The van der Waals surface area contributed by atoms with E-state index in [4.69, 9.17) is 0 Å². The Morgan fingerprint density at radius 3 is 2.22 bits per heavy atom. The summed E-state index contributed by atoms with van der Waals surface area (Å²) in [5, 5.41) is 3.56. The van der Waals surface area contributed by atoms with Gasteiger partial charge in [-0.05, 0) is 70.1 Å². The average Bonchev–Trinajstić information content (AvgIpc) is 2.38. The van der Waals surface area contributed by atoms with E-state index >= 15 is 0 Å². The number of hydrogen-bond donors (Lipinski definition) is 1. The molecule has 1 aliphatic rings. The van der Waals surface area contributed by atoms with E-state index in [1.165, 1.54) is 38.9 Å². The van der Waals surface area contributed by atoms with E-state index in [0.717, 1.165) is 30.3 Å². The normalized spacial score (nSPS) is 22.3. The molecular weight excluding hydrogens is 220 g/mol. The Hall–Kier alpha value is -0.0800. The highest BCUT2D eigenvalue weighted by Gasteiger charge is 2.26. The van der Waals surface area contributed by atoms with Gasteiger partial charge in [-0.1, -0.05) is 27.7 Å². The Balaban J connectivity index is 2.28. The third-order valence-corrected chi connectivity index (χ3v) is 4.81. The summed E-state index contributed by atoms with van der Waals surface area (Å²) in [6.45, 7) is 16.7. The molecule has 1 rings (SSSR count). The molecular formula is C16H34N2. The van der Waals surface area contributed by atoms with Crippen LogP contribution in [0.15, 0.2) is 0 Å². The molecule has 1 saturated heterocycles. The first-order chi connectivity index (χ1) is 8.56. The van der Waals surface area contributed by atoms with Crippen LogP contribution in [0.4, 0.5) is 0 Å². The van der Waals surface area contributed by atoms with Gasteiger partial charge in [0.25, 0.3) is 0 Å². The van der Waals surface area contributed by atoms with Crippen molar-refractivity contribution in [2.24, 2.45) is 17.8 Å². The maximum atomic E-state index is 3.56. The van der Waals surface area contributed by atoms with E-state index in [-0.39, 0.29) is 0 Å². The average molecular weight is 254 g/mol. The second kappa shape index (κ2) is 8.16. The molecule has 18 heavy (non-hydrogen) atoms. The van der Waals surface area contributed by atoms with Crippen molar-refractivity contribution in [1.29, 1.82) is 0 Å². The van der Waals surface area contributed by atoms with Gasteiger partial charge in [0.05, 0.1) is 0 Å². The van der Waals surface area contributed by atoms with Gasteiger partial charge in [0.2, 0.25) is 0 Å². The summed E-state index contributed by atoms with van der Waals surface area (Å²) in [5.41, 5.74) is 0. The topological polar surface area (TPSA) is 15.3 Å². The predicted molar refractivity (Wildman–Crippen MR) is 80.9 cm³/mol. The number of nitrogens with zero attached hydrogens (tertiary/aromatic N) is 1. The van der Waals surface area contributed by atoms with Crippen molar-refractivity contribution in [3.05, 3.63) is 0 Å². The number of hydrogen-bond acceptors (Lipinski definition) is 2.